The number of benzene rings is 1. The number of carbonyl (C=O) groups is 1. The van der Waals surface area contributed by atoms with Crippen molar-refractivity contribution in [1.82, 2.24) is 20.5 Å². The zero-order valence-electron chi connectivity index (χ0n) is 19.1. The Labute approximate surface area is 194 Å². The molecule has 1 aromatic rings. The van der Waals surface area contributed by atoms with Crippen molar-refractivity contribution in [3.05, 3.63) is 70.1 Å². The third-order valence-corrected chi connectivity index (χ3v) is 7.18. The highest BCUT2D eigenvalue weighted by molar-refractivity contribution is 5.98. The van der Waals surface area contributed by atoms with Gasteiger partial charge in [0.2, 0.25) is 0 Å². The monoisotopic (exact) mass is 442 g/mol. The molecule has 3 heterocycles. The molecule has 0 unspecified atom stereocenters. The van der Waals surface area contributed by atoms with E-state index in [4.69, 9.17) is 4.99 Å². The molecule has 2 N–H and O–H groups in total. The van der Waals surface area contributed by atoms with Crippen LogP contribution in [0, 0.1) is 0 Å². The van der Waals surface area contributed by atoms with E-state index in [9.17, 15) is 4.79 Å². The van der Waals surface area contributed by atoms with Crippen LogP contribution in [0.2, 0.25) is 0 Å². The average Bonchev–Trinajstić information content (AvgIpc) is 3.62. The van der Waals surface area contributed by atoms with E-state index in [1.807, 2.05) is 24.4 Å². The first-order valence-electron chi connectivity index (χ1n) is 12.0. The summed E-state index contributed by atoms with van der Waals surface area (Å²) < 4.78 is 0. The maximum atomic E-state index is 13.0. The van der Waals surface area contributed by atoms with E-state index >= 15 is 0 Å². The third-order valence-electron chi connectivity index (χ3n) is 7.18. The first-order valence-corrected chi connectivity index (χ1v) is 12.0. The molecule has 1 saturated heterocycles. The van der Waals surface area contributed by atoms with Crippen molar-refractivity contribution >= 4 is 18.0 Å². The Morgan fingerprint density at radius 3 is 2.97 bits per heavy atom. The first kappa shape index (κ1) is 20.4. The van der Waals surface area contributed by atoms with Crippen LogP contribution in [-0.4, -0.2) is 60.1 Å². The van der Waals surface area contributed by atoms with E-state index in [1.165, 1.54) is 30.5 Å². The fraction of sp³-hybridized carbons (Fsp3) is 0.423. The Hall–Kier alpha value is -3.19. The van der Waals surface area contributed by atoms with Crippen LogP contribution in [0.25, 0.3) is 0 Å². The van der Waals surface area contributed by atoms with Gasteiger partial charge in [0.05, 0.1) is 25.3 Å². The molecule has 1 amide bonds. The van der Waals surface area contributed by atoms with Crippen molar-refractivity contribution in [2.45, 2.75) is 50.7 Å². The van der Waals surface area contributed by atoms with Crippen LogP contribution in [0.1, 0.15) is 53.6 Å². The zero-order chi connectivity index (χ0) is 22.4. The minimum Gasteiger partial charge on any atom is -0.346 e. The van der Waals surface area contributed by atoms with E-state index in [2.05, 4.69) is 50.9 Å². The number of likely N-dealkylation sites (N-methyl/N-ethyl adjacent to an activating group) is 1. The molecule has 1 aromatic carbocycles. The van der Waals surface area contributed by atoms with Gasteiger partial charge in [0, 0.05) is 35.0 Å². The van der Waals surface area contributed by atoms with E-state index in [-0.39, 0.29) is 5.91 Å². The maximum Gasteiger partial charge on any atom is 0.255 e. The maximum absolute atomic E-state index is 13.0. The molecule has 7 heteroatoms. The van der Waals surface area contributed by atoms with Gasteiger partial charge in [-0.2, -0.15) is 5.10 Å². The molecule has 2 fully saturated rings. The summed E-state index contributed by atoms with van der Waals surface area (Å²) in [5.41, 5.74) is 6.04. The number of nitrogens with zero attached hydrogens (tertiary/aromatic N) is 4. The minimum absolute atomic E-state index is 0.101. The average molecular weight is 443 g/mol. The largest absolute Gasteiger partial charge is 0.346 e. The number of fused-ring (bicyclic) bond motifs is 1. The number of aliphatic imine (C=N–C) groups is 1. The van der Waals surface area contributed by atoms with Gasteiger partial charge in [0.25, 0.3) is 5.91 Å². The van der Waals surface area contributed by atoms with Crippen LogP contribution < -0.4 is 10.6 Å². The number of hydrogen-bond acceptors (Lipinski definition) is 6. The van der Waals surface area contributed by atoms with Crippen LogP contribution in [0.5, 0.6) is 0 Å². The van der Waals surface area contributed by atoms with Crippen LogP contribution in [-0.2, 0) is 6.54 Å². The molecule has 1 saturated carbocycles. The molecule has 170 valence electrons. The number of hydrogen-bond donors (Lipinski definition) is 2. The Balaban J connectivity index is 1.15. The second kappa shape index (κ2) is 8.30. The molecule has 2 aliphatic carbocycles. The smallest absolute Gasteiger partial charge is 0.255 e. The predicted molar refractivity (Wildman–Crippen MR) is 130 cm³/mol. The number of likely N-dealkylation sites (tertiary alicyclic amines) is 1. The van der Waals surface area contributed by atoms with Gasteiger partial charge >= 0.3 is 0 Å². The SMILES string of the molecule is CN1CCC[C@@H]1C1=NCC2=C(CC=CC(NC(=O)c3ccc4c(c3)C=NN(C3CC3)C4)=C2)N1. The van der Waals surface area contributed by atoms with Crippen LogP contribution in [0.4, 0.5) is 0 Å². The summed E-state index contributed by atoms with van der Waals surface area (Å²) in [7, 11) is 2.17. The Morgan fingerprint density at radius 1 is 1.24 bits per heavy atom. The molecule has 0 spiro atoms. The lowest BCUT2D eigenvalue weighted by molar-refractivity contribution is 0.0967. The zero-order valence-corrected chi connectivity index (χ0v) is 19.1. The van der Waals surface area contributed by atoms with E-state index in [0.29, 0.717) is 24.2 Å². The molecule has 1 atom stereocenters. The Kier molecular flexibility index (Phi) is 5.14. The van der Waals surface area contributed by atoms with Crippen molar-refractivity contribution in [2.24, 2.45) is 10.1 Å². The highest BCUT2D eigenvalue weighted by atomic mass is 16.1. The van der Waals surface area contributed by atoms with Gasteiger partial charge in [0.15, 0.2) is 0 Å². The number of amides is 1. The number of carbonyl (C=O) groups excluding carboxylic acids is 1. The van der Waals surface area contributed by atoms with Gasteiger partial charge in [0.1, 0.15) is 5.84 Å². The summed E-state index contributed by atoms with van der Waals surface area (Å²) in [6, 6.07) is 6.91. The fourth-order valence-corrected chi connectivity index (χ4v) is 5.07. The topological polar surface area (TPSA) is 72.3 Å². The van der Waals surface area contributed by atoms with Crippen molar-refractivity contribution in [2.75, 3.05) is 20.1 Å². The van der Waals surface area contributed by atoms with Crippen LogP contribution in [0.15, 0.2) is 63.5 Å². The summed E-state index contributed by atoms with van der Waals surface area (Å²) in [4.78, 5) is 20.2. The molecule has 3 aliphatic heterocycles. The number of rotatable bonds is 4. The number of hydrazone groups is 1. The summed E-state index contributed by atoms with van der Waals surface area (Å²) in [5, 5.41) is 13.4. The molecule has 7 nitrogen and oxygen atoms in total. The Morgan fingerprint density at radius 2 is 2.15 bits per heavy atom. The van der Waals surface area contributed by atoms with Crippen molar-refractivity contribution in [1.29, 1.82) is 0 Å². The third kappa shape index (κ3) is 4.13. The standard InChI is InChI=1S/C26H30N6O/c1-31-11-3-6-24(31)25-27-14-20-13-21(4-2-5-23(20)30-25)29-26(33)17-7-8-18-16-32(22-9-10-22)28-15-19(18)12-17/h2,4,7-8,12-13,15,22,24H,3,5-6,9-11,14,16H2,1H3,(H,27,30)(H,29,33)/t24-/m1/s1. The molecule has 6 rings (SSSR count). The van der Waals surface area contributed by atoms with E-state index < -0.39 is 0 Å². The summed E-state index contributed by atoms with van der Waals surface area (Å²) in [6.45, 7) is 2.60. The quantitative estimate of drug-likeness (QED) is 0.752. The van der Waals surface area contributed by atoms with Crippen LogP contribution >= 0.6 is 0 Å². The molecular formula is C26H30N6O. The number of nitrogens with one attached hydrogen (secondary N) is 2. The lowest BCUT2D eigenvalue weighted by Gasteiger charge is -2.27. The molecule has 33 heavy (non-hydrogen) atoms. The number of amidine groups is 1. The first-order chi connectivity index (χ1) is 16.1. The Bertz CT molecular complexity index is 1140. The van der Waals surface area contributed by atoms with E-state index in [0.717, 1.165) is 48.6 Å². The predicted octanol–water partition coefficient (Wildman–Crippen LogP) is 2.92. The number of allylic oxidation sites excluding steroid dienone is 2. The molecular weight excluding hydrogens is 412 g/mol. The molecule has 5 aliphatic rings. The van der Waals surface area contributed by atoms with Gasteiger partial charge < -0.3 is 10.6 Å². The van der Waals surface area contributed by atoms with Gasteiger partial charge in [-0.1, -0.05) is 12.1 Å². The summed E-state index contributed by atoms with van der Waals surface area (Å²) >= 11 is 0. The van der Waals surface area contributed by atoms with Gasteiger partial charge in [-0.25, -0.2) is 0 Å². The summed E-state index contributed by atoms with van der Waals surface area (Å²) in [5.74, 6) is 0.982. The van der Waals surface area contributed by atoms with E-state index in [1.54, 1.807) is 0 Å². The highest BCUT2D eigenvalue weighted by Gasteiger charge is 2.30. The van der Waals surface area contributed by atoms with Crippen LogP contribution in [0.3, 0.4) is 0 Å². The highest BCUT2D eigenvalue weighted by Crippen LogP contribution is 2.31. The van der Waals surface area contributed by atoms with Crippen molar-refractivity contribution in [3.8, 4) is 0 Å². The second-order valence-corrected chi connectivity index (χ2v) is 9.62. The molecule has 0 aromatic heterocycles. The molecule has 0 radical (unpaired) electrons. The van der Waals surface area contributed by atoms with Gasteiger partial charge in [-0.15, -0.1) is 0 Å². The summed E-state index contributed by atoms with van der Waals surface area (Å²) in [6.07, 6.45) is 13.7. The second-order valence-electron chi connectivity index (χ2n) is 9.62. The fourth-order valence-electron chi connectivity index (χ4n) is 5.07. The lowest BCUT2D eigenvalue weighted by atomic mass is 10.0. The van der Waals surface area contributed by atoms with Gasteiger partial charge in [-0.3, -0.25) is 19.7 Å². The van der Waals surface area contributed by atoms with Crippen molar-refractivity contribution in [3.63, 3.8) is 0 Å². The van der Waals surface area contributed by atoms with Gasteiger partial charge in [-0.05, 0) is 74.7 Å². The normalized spacial score (nSPS) is 24.5. The molecule has 0 bridgehead atoms. The minimum atomic E-state index is -0.101. The van der Waals surface area contributed by atoms with Crippen molar-refractivity contribution < 1.29 is 4.79 Å². The lowest BCUT2D eigenvalue weighted by Crippen LogP contribution is -2.43.